The van der Waals surface area contributed by atoms with Gasteiger partial charge in [-0.1, -0.05) is 11.3 Å². The Balaban J connectivity index is 1.62. The Hall–Kier alpha value is -2.42. The van der Waals surface area contributed by atoms with E-state index in [-0.39, 0.29) is 11.8 Å². The minimum Gasteiger partial charge on any atom is -0.444 e. The van der Waals surface area contributed by atoms with Crippen LogP contribution >= 0.6 is 11.3 Å². The fourth-order valence-electron chi connectivity index (χ4n) is 3.12. The Kier molecular flexibility index (Phi) is 5.23. The van der Waals surface area contributed by atoms with Crippen LogP contribution in [0, 0.1) is 16.0 Å². The van der Waals surface area contributed by atoms with Gasteiger partial charge >= 0.3 is 6.09 Å². The van der Waals surface area contributed by atoms with E-state index in [1.165, 1.54) is 17.4 Å². The van der Waals surface area contributed by atoms with Crippen LogP contribution in [-0.4, -0.2) is 53.2 Å². The van der Waals surface area contributed by atoms with E-state index >= 15 is 0 Å². The molecule has 1 aromatic heterocycles. The summed E-state index contributed by atoms with van der Waals surface area (Å²) >= 11 is 1.44. The van der Waals surface area contributed by atoms with E-state index in [4.69, 9.17) is 4.74 Å². The number of rotatable bonds is 4. The number of hydrogen-bond acceptors (Lipinski definition) is 7. The van der Waals surface area contributed by atoms with E-state index < -0.39 is 10.5 Å². The zero-order valence-electron chi connectivity index (χ0n) is 16.0. The topological polar surface area (TPSA) is 88.8 Å². The summed E-state index contributed by atoms with van der Waals surface area (Å²) in [6, 6.07) is 4.72. The van der Waals surface area contributed by atoms with Crippen LogP contribution in [0.15, 0.2) is 18.2 Å². The van der Waals surface area contributed by atoms with Gasteiger partial charge in [0.25, 0.3) is 5.69 Å². The quantitative estimate of drug-likeness (QED) is 0.579. The molecule has 2 aromatic rings. The number of carbonyl (C=O) groups is 1. The maximum Gasteiger partial charge on any atom is 0.410 e. The maximum absolute atomic E-state index is 12.2. The van der Waals surface area contributed by atoms with Crippen LogP contribution < -0.4 is 4.90 Å². The standard InChI is InChI=1S/C18H24N4O4S/c1-18(2,3)26-17(23)21-8-7-12(11-21)10-20(4)16-19-14-6-5-13(22(24)25)9-15(14)27-16/h5-6,9,12H,7-8,10-11H2,1-4H3. The van der Waals surface area contributed by atoms with Gasteiger partial charge in [0.2, 0.25) is 0 Å². The number of aromatic nitrogens is 1. The molecule has 1 amide bonds. The molecule has 1 aliphatic heterocycles. The monoisotopic (exact) mass is 392 g/mol. The number of likely N-dealkylation sites (tertiary alicyclic amines) is 1. The summed E-state index contributed by atoms with van der Waals surface area (Å²) in [7, 11) is 1.96. The lowest BCUT2D eigenvalue weighted by atomic mass is 10.1. The number of thiazole rings is 1. The molecule has 1 aliphatic rings. The minimum atomic E-state index is -0.491. The van der Waals surface area contributed by atoms with Gasteiger partial charge in [0.15, 0.2) is 5.13 Å². The molecule has 0 N–H and O–H groups in total. The molecule has 27 heavy (non-hydrogen) atoms. The number of nitro benzene ring substituents is 1. The lowest BCUT2D eigenvalue weighted by molar-refractivity contribution is -0.384. The number of hydrogen-bond donors (Lipinski definition) is 0. The Morgan fingerprint density at radius 2 is 2.22 bits per heavy atom. The first-order chi connectivity index (χ1) is 12.6. The third-order valence-electron chi connectivity index (χ3n) is 4.37. The normalized spacial score (nSPS) is 17.3. The summed E-state index contributed by atoms with van der Waals surface area (Å²) in [6.45, 7) is 7.72. The smallest absolute Gasteiger partial charge is 0.410 e. The van der Waals surface area contributed by atoms with Crippen molar-refractivity contribution in [1.29, 1.82) is 0 Å². The summed E-state index contributed by atoms with van der Waals surface area (Å²) in [4.78, 5) is 31.1. The van der Waals surface area contributed by atoms with Crippen molar-refractivity contribution in [2.24, 2.45) is 5.92 Å². The molecule has 1 saturated heterocycles. The van der Waals surface area contributed by atoms with E-state index in [1.54, 1.807) is 17.0 Å². The van der Waals surface area contributed by atoms with Gasteiger partial charge in [-0.05, 0) is 39.2 Å². The summed E-state index contributed by atoms with van der Waals surface area (Å²) < 4.78 is 6.24. The zero-order chi connectivity index (χ0) is 19.8. The number of anilines is 1. The fourth-order valence-corrected chi connectivity index (χ4v) is 4.09. The molecule has 1 fully saturated rings. The van der Waals surface area contributed by atoms with Crippen molar-refractivity contribution >= 4 is 38.5 Å². The summed E-state index contributed by atoms with van der Waals surface area (Å²) in [5.41, 5.74) is 0.341. The number of fused-ring (bicyclic) bond motifs is 1. The molecule has 0 bridgehead atoms. The van der Waals surface area contributed by atoms with Gasteiger partial charge in [-0.25, -0.2) is 9.78 Å². The van der Waals surface area contributed by atoms with Crippen LogP contribution in [0.3, 0.4) is 0 Å². The molecule has 3 rings (SSSR count). The fraction of sp³-hybridized carbons (Fsp3) is 0.556. The van der Waals surface area contributed by atoms with Gasteiger partial charge < -0.3 is 14.5 Å². The van der Waals surface area contributed by atoms with Crippen LogP contribution in [0.1, 0.15) is 27.2 Å². The highest BCUT2D eigenvalue weighted by Crippen LogP contribution is 2.32. The Bertz CT molecular complexity index is 861. The Labute approximate surface area is 161 Å². The second-order valence-corrected chi connectivity index (χ2v) is 8.88. The number of ether oxygens (including phenoxy) is 1. The van der Waals surface area contributed by atoms with Crippen molar-refractivity contribution in [2.45, 2.75) is 32.8 Å². The number of non-ortho nitro benzene ring substituents is 1. The van der Waals surface area contributed by atoms with E-state index in [2.05, 4.69) is 9.88 Å². The number of amides is 1. The van der Waals surface area contributed by atoms with Gasteiger partial charge in [-0.2, -0.15) is 0 Å². The largest absolute Gasteiger partial charge is 0.444 e. The van der Waals surface area contributed by atoms with E-state index in [0.717, 1.165) is 28.3 Å². The number of nitrogens with zero attached hydrogens (tertiary/aromatic N) is 4. The Morgan fingerprint density at radius 1 is 1.48 bits per heavy atom. The summed E-state index contributed by atoms with van der Waals surface area (Å²) in [5, 5.41) is 11.7. The van der Waals surface area contributed by atoms with Crippen molar-refractivity contribution in [3.8, 4) is 0 Å². The van der Waals surface area contributed by atoms with E-state index in [0.29, 0.717) is 19.0 Å². The van der Waals surface area contributed by atoms with Crippen LogP contribution in [-0.2, 0) is 4.74 Å². The van der Waals surface area contributed by atoms with Crippen LogP contribution in [0.5, 0.6) is 0 Å². The first-order valence-corrected chi connectivity index (χ1v) is 9.68. The number of benzene rings is 1. The van der Waals surface area contributed by atoms with Gasteiger partial charge in [0.1, 0.15) is 5.60 Å². The highest BCUT2D eigenvalue weighted by molar-refractivity contribution is 7.22. The predicted octanol–water partition coefficient (Wildman–Crippen LogP) is 3.90. The molecule has 0 saturated carbocycles. The average Bonchev–Trinajstić information content (AvgIpc) is 3.18. The Morgan fingerprint density at radius 3 is 2.89 bits per heavy atom. The molecule has 8 nitrogen and oxygen atoms in total. The van der Waals surface area contributed by atoms with E-state index in [1.807, 2.05) is 27.8 Å². The second-order valence-electron chi connectivity index (χ2n) is 7.87. The summed E-state index contributed by atoms with van der Waals surface area (Å²) in [6.07, 6.45) is 0.653. The first-order valence-electron chi connectivity index (χ1n) is 8.86. The van der Waals surface area contributed by atoms with Gasteiger partial charge in [0.05, 0.1) is 15.1 Å². The molecule has 1 atom stereocenters. The average molecular weight is 392 g/mol. The van der Waals surface area contributed by atoms with Crippen molar-refractivity contribution in [1.82, 2.24) is 9.88 Å². The van der Waals surface area contributed by atoms with Crippen molar-refractivity contribution in [3.05, 3.63) is 28.3 Å². The van der Waals surface area contributed by atoms with Gasteiger partial charge in [0, 0.05) is 38.8 Å². The van der Waals surface area contributed by atoms with Crippen molar-refractivity contribution in [3.63, 3.8) is 0 Å². The molecule has 1 aromatic carbocycles. The molecule has 9 heteroatoms. The number of nitro groups is 1. The first kappa shape index (κ1) is 19.3. The zero-order valence-corrected chi connectivity index (χ0v) is 16.8. The lowest BCUT2D eigenvalue weighted by Gasteiger charge is -2.25. The van der Waals surface area contributed by atoms with Gasteiger partial charge in [-0.3, -0.25) is 10.1 Å². The SMILES string of the molecule is CN(CC1CCN(C(=O)OC(C)(C)C)C1)c1nc2ccc([N+](=O)[O-])cc2s1. The van der Waals surface area contributed by atoms with E-state index in [9.17, 15) is 14.9 Å². The summed E-state index contributed by atoms with van der Waals surface area (Å²) in [5.74, 6) is 0.337. The van der Waals surface area contributed by atoms with Crippen LogP contribution in [0.4, 0.5) is 15.6 Å². The maximum atomic E-state index is 12.2. The molecular formula is C18H24N4O4S. The van der Waals surface area contributed by atoms with Crippen molar-refractivity contribution in [2.75, 3.05) is 31.6 Å². The van der Waals surface area contributed by atoms with Crippen LogP contribution in [0.25, 0.3) is 10.2 Å². The third-order valence-corrected chi connectivity index (χ3v) is 5.50. The highest BCUT2D eigenvalue weighted by Gasteiger charge is 2.30. The molecule has 146 valence electrons. The molecule has 0 spiro atoms. The molecule has 2 heterocycles. The second kappa shape index (κ2) is 7.30. The predicted molar refractivity (Wildman–Crippen MR) is 105 cm³/mol. The minimum absolute atomic E-state index is 0.0733. The molecular weight excluding hydrogens is 368 g/mol. The highest BCUT2D eigenvalue weighted by atomic mass is 32.1. The third kappa shape index (κ3) is 4.65. The van der Waals surface area contributed by atoms with Gasteiger partial charge in [-0.15, -0.1) is 0 Å². The van der Waals surface area contributed by atoms with Crippen LogP contribution in [0.2, 0.25) is 0 Å². The number of carbonyl (C=O) groups excluding carboxylic acids is 1. The lowest BCUT2D eigenvalue weighted by Crippen LogP contribution is -2.36. The molecule has 1 unspecified atom stereocenters. The molecule has 0 aliphatic carbocycles. The van der Waals surface area contributed by atoms with Crippen molar-refractivity contribution < 1.29 is 14.5 Å². The molecule has 0 radical (unpaired) electrons.